The maximum Gasteiger partial charge on any atom is 0.241 e. The van der Waals surface area contributed by atoms with Gasteiger partial charge in [0.05, 0.1) is 18.0 Å². The van der Waals surface area contributed by atoms with E-state index in [-0.39, 0.29) is 17.3 Å². The van der Waals surface area contributed by atoms with E-state index in [4.69, 9.17) is 0 Å². The fourth-order valence-corrected chi connectivity index (χ4v) is 2.43. The summed E-state index contributed by atoms with van der Waals surface area (Å²) in [6, 6.07) is 6.24. The molecule has 0 heterocycles. The van der Waals surface area contributed by atoms with Crippen molar-refractivity contribution in [1.29, 1.82) is 0 Å². The smallest absolute Gasteiger partial charge is 0.241 e. The SMILES string of the molecule is C=CCNC(=O)CNC(=O)CNS(=O)(=O)c1ccc(C)cc1. The van der Waals surface area contributed by atoms with Gasteiger partial charge >= 0.3 is 0 Å². The molecule has 7 nitrogen and oxygen atoms in total. The molecule has 3 N–H and O–H groups in total. The van der Waals surface area contributed by atoms with E-state index < -0.39 is 22.5 Å². The number of carbonyl (C=O) groups is 2. The molecule has 0 aliphatic rings. The molecular formula is C14H19N3O4S. The Morgan fingerprint density at radius 1 is 1.09 bits per heavy atom. The summed E-state index contributed by atoms with van der Waals surface area (Å²) in [6.07, 6.45) is 1.51. The summed E-state index contributed by atoms with van der Waals surface area (Å²) < 4.78 is 26.1. The molecule has 1 aromatic rings. The minimum atomic E-state index is -3.75. The lowest BCUT2D eigenvalue weighted by atomic mass is 10.2. The predicted octanol–water partition coefficient (Wildman–Crippen LogP) is -0.308. The van der Waals surface area contributed by atoms with Gasteiger partial charge in [-0.05, 0) is 19.1 Å². The fourth-order valence-electron chi connectivity index (χ4n) is 1.45. The van der Waals surface area contributed by atoms with Crippen molar-refractivity contribution in [1.82, 2.24) is 15.4 Å². The van der Waals surface area contributed by atoms with E-state index in [1.54, 1.807) is 12.1 Å². The fraction of sp³-hybridized carbons (Fsp3) is 0.286. The Hall–Kier alpha value is -2.19. The Morgan fingerprint density at radius 3 is 2.27 bits per heavy atom. The first-order valence-corrected chi connectivity index (χ1v) is 8.04. The average Bonchev–Trinajstić information content (AvgIpc) is 2.49. The van der Waals surface area contributed by atoms with Gasteiger partial charge in [0, 0.05) is 6.54 Å². The Labute approximate surface area is 129 Å². The number of nitrogens with one attached hydrogen (secondary N) is 3. The van der Waals surface area contributed by atoms with Crippen molar-refractivity contribution in [2.24, 2.45) is 0 Å². The average molecular weight is 325 g/mol. The molecule has 0 aliphatic heterocycles. The number of rotatable bonds is 8. The van der Waals surface area contributed by atoms with Gasteiger partial charge in [-0.1, -0.05) is 23.8 Å². The highest BCUT2D eigenvalue weighted by Gasteiger charge is 2.15. The molecule has 22 heavy (non-hydrogen) atoms. The molecule has 2 amide bonds. The third kappa shape index (κ3) is 6.06. The minimum Gasteiger partial charge on any atom is -0.351 e. The summed E-state index contributed by atoms with van der Waals surface area (Å²) in [6.45, 7) is 4.92. The number of hydrogen-bond acceptors (Lipinski definition) is 4. The van der Waals surface area contributed by atoms with E-state index in [2.05, 4.69) is 21.9 Å². The second-order valence-electron chi connectivity index (χ2n) is 4.51. The molecular weight excluding hydrogens is 306 g/mol. The normalized spacial score (nSPS) is 10.8. The molecule has 0 unspecified atom stereocenters. The Morgan fingerprint density at radius 2 is 1.68 bits per heavy atom. The number of hydrogen-bond donors (Lipinski definition) is 3. The Kier molecular flexibility index (Phi) is 6.74. The van der Waals surface area contributed by atoms with E-state index in [1.807, 2.05) is 6.92 Å². The maximum atomic E-state index is 11.9. The van der Waals surface area contributed by atoms with E-state index in [0.29, 0.717) is 6.54 Å². The van der Waals surface area contributed by atoms with Gasteiger partial charge < -0.3 is 10.6 Å². The minimum absolute atomic E-state index is 0.0784. The number of benzene rings is 1. The summed E-state index contributed by atoms with van der Waals surface area (Å²) in [5.74, 6) is -0.973. The van der Waals surface area contributed by atoms with Crippen LogP contribution >= 0.6 is 0 Å². The van der Waals surface area contributed by atoms with Crippen molar-refractivity contribution >= 4 is 21.8 Å². The summed E-state index contributed by atoms with van der Waals surface area (Å²) in [4.78, 5) is 22.8. The molecule has 0 aromatic heterocycles. The predicted molar refractivity (Wildman–Crippen MR) is 82.6 cm³/mol. The van der Waals surface area contributed by atoms with E-state index >= 15 is 0 Å². The molecule has 0 saturated heterocycles. The van der Waals surface area contributed by atoms with Gasteiger partial charge in [-0.25, -0.2) is 13.1 Å². The highest BCUT2D eigenvalue weighted by Crippen LogP contribution is 2.09. The molecule has 0 spiro atoms. The van der Waals surface area contributed by atoms with E-state index in [0.717, 1.165) is 5.56 Å². The summed E-state index contributed by atoms with van der Waals surface area (Å²) in [5, 5.41) is 4.79. The lowest BCUT2D eigenvalue weighted by Crippen LogP contribution is -2.41. The molecule has 0 radical (unpaired) electrons. The van der Waals surface area contributed by atoms with Crippen molar-refractivity contribution in [2.75, 3.05) is 19.6 Å². The van der Waals surface area contributed by atoms with Crippen LogP contribution in [0.4, 0.5) is 0 Å². The van der Waals surface area contributed by atoms with Gasteiger partial charge in [-0.2, -0.15) is 0 Å². The molecule has 0 atom stereocenters. The summed E-state index contributed by atoms with van der Waals surface area (Å²) >= 11 is 0. The zero-order chi connectivity index (χ0) is 16.6. The van der Waals surface area contributed by atoms with Gasteiger partial charge in [0.15, 0.2) is 0 Å². The van der Waals surface area contributed by atoms with Crippen LogP contribution in [0.2, 0.25) is 0 Å². The number of carbonyl (C=O) groups excluding carboxylic acids is 2. The molecule has 0 saturated carbocycles. The largest absolute Gasteiger partial charge is 0.351 e. The van der Waals surface area contributed by atoms with Crippen LogP contribution in [-0.2, 0) is 19.6 Å². The summed E-state index contributed by atoms with van der Waals surface area (Å²) in [5.41, 5.74) is 0.933. The van der Waals surface area contributed by atoms with E-state index in [1.165, 1.54) is 18.2 Å². The Bertz CT molecular complexity index is 639. The van der Waals surface area contributed by atoms with Crippen LogP contribution in [-0.4, -0.2) is 39.9 Å². The third-order valence-electron chi connectivity index (χ3n) is 2.64. The van der Waals surface area contributed by atoms with Crippen molar-refractivity contribution in [2.45, 2.75) is 11.8 Å². The molecule has 0 bridgehead atoms. The van der Waals surface area contributed by atoms with Crippen LogP contribution in [0, 0.1) is 6.92 Å². The Balaban J connectivity index is 2.44. The van der Waals surface area contributed by atoms with Crippen LogP contribution < -0.4 is 15.4 Å². The third-order valence-corrected chi connectivity index (χ3v) is 4.06. The van der Waals surface area contributed by atoms with Crippen molar-refractivity contribution in [3.63, 3.8) is 0 Å². The number of aryl methyl sites for hydroxylation is 1. The van der Waals surface area contributed by atoms with Gasteiger partial charge in [0.2, 0.25) is 21.8 Å². The lowest BCUT2D eigenvalue weighted by molar-refractivity contribution is -0.125. The number of amides is 2. The van der Waals surface area contributed by atoms with Gasteiger partial charge in [-0.3, -0.25) is 9.59 Å². The molecule has 1 rings (SSSR count). The van der Waals surface area contributed by atoms with Crippen molar-refractivity contribution < 1.29 is 18.0 Å². The van der Waals surface area contributed by atoms with Gasteiger partial charge in [0.1, 0.15) is 0 Å². The molecule has 120 valence electrons. The van der Waals surface area contributed by atoms with Crippen molar-refractivity contribution in [3.8, 4) is 0 Å². The molecule has 0 aliphatic carbocycles. The molecule has 8 heteroatoms. The monoisotopic (exact) mass is 325 g/mol. The summed E-state index contributed by atoms with van der Waals surface area (Å²) in [7, 11) is -3.75. The zero-order valence-corrected chi connectivity index (χ0v) is 13.1. The first-order chi connectivity index (χ1) is 10.3. The quantitative estimate of drug-likeness (QED) is 0.570. The molecule has 0 fully saturated rings. The second kappa shape index (κ2) is 8.30. The van der Waals surface area contributed by atoms with Crippen molar-refractivity contribution in [3.05, 3.63) is 42.5 Å². The number of sulfonamides is 1. The van der Waals surface area contributed by atoms with Gasteiger partial charge in [0.25, 0.3) is 0 Å². The van der Waals surface area contributed by atoms with Crippen LogP contribution in [0.3, 0.4) is 0 Å². The zero-order valence-electron chi connectivity index (χ0n) is 12.3. The van der Waals surface area contributed by atoms with Crippen LogP contribution in [0.25, 0.3) is 0 Å². The van der Waals surface area contributed by atoms with Crippen LogP contribution in [0.5, 0.6) is 0 Å². The lowest BCUT2D eigenvalue weighted by Gasteiger charge is -2.08. The maximum absolute atomic E-state index is 11.9. The van der Waals surface area contributed by atoms with Crippen LogP contribution in [0.15, 0.2) is 41.8 Å². The first-order valence-electron chi connectivity index (χ1n) is 6.56. The van der Waals surface area contributed by atoms with Gasteiger partial charge in [-0.15, -0.1) is 6.58 Å². The molecule has 1 aromatic carbocycles. The highest BCUT2D eigenvalue weighted by molar-refractivity contribution is 7.89. The van der Waals surface area contributed by atoms with Crippen LogP contribution in [0.1, 0.15) is 5.56 Å². The van der Waals surface area contributed by atoms with E-state index in [9.17, 15) is 18.0 Å². The topological polar surface area (TPSA) is 104 Å². The highest BCUT2D eigenvalue weighted by atomic mass is 32.2. The standard InChI is InChI=1S/C14H19N3O4S/c1-3-8-15-13(18)9-16-14(19)10-17-22(20,21)12-6-4-11(2)5-7-12/h3-7,17H,1,8-10H2,2H3,(H,15,18)(H,16,19). The second-order valence-corrected chi connectivity index (χ2v) is 6.27. The first kappa shape index (κ1) is 17.9.